The van der Waals surface area contributed by atoms with Gasteiger partial charge in [0, 0.05) is 31.7 Å². The van der Waals surface area contributed by atoms with E-state index in [1.807, 2.05) is 5.38 Å². The van der Waals surface area contributed by atoms with Crippen LogP contribution in [0.3, 0.4) is 0 Å². The number of imide groups is 1. The summed E-state index contributed by atoms with van der Waals surface area (Å²) in [6.07, 6.45) is 6.96. The highest BCUT2D eigenvalue weighted by Crippen LogP contribution is 2.52. The van der Waals surface area contributed by atoms with E-state index >= 15 is 0 Å². The Labute approximate surface area is 173 Å². The molecule has 2 amide bonds. The molecule has 1 aliphatic heterocycles. The van der Waals surface area contributed by atoms with Crippen molar-refractivity contribution in [3.8, 4) is 0 Å². The molecule has 9 heteroatoms. The third kappa shape index (κ3) is 3.38. The molecule has 2 bridgehead atoms. The molecule has 2 fully saturated rings. The number of likely N-dealkylation sites (tertiary alicyclic amines) is 1. The minimum Gasteiger partial charge on any atom is -0.355 e. The summed E-state index contributed by atoms with van der Waals surface area (Å²) in [5.74, 6) is 0.916. The van der Waals surface area contributed by atoms with Crippen molar-refractivity contribution in [2.24, 2.45) is 28.7 Å². The minimum absolute atomic E-state index is 0. The van der Waals surface area contributed by atoms with Gasteiger partial charge in [0.2, 0.25) is 11.8 Å². The normalized spacial score (nSPS) is 29.1. The van der Waals surface area contributed by atoms with Crippen LogP contribution in [0.15, 0.2) is 28.7 Å². The Morgan fingerprint density at radius 3 is 2.54 bits per heavy atom. The average molecular weight is 487 g/mol. The second kappa shape index (κ2) is 8.03. The number of amides is 2. The number of guanidine groups is 1. The molecule has 26 heavy (non-hydrogen) atoms. The number of carbonyl (C=O) groups is 2. The largest absolute Gasteiger partial charge is 0.355 e. The van der Waals surface area contributed by atoms with E-state index in [9.17, 15) is 9.59 Å². The van der Waals surface area contributed by atoms with E-state index in [2.05, 4.69) is 32.8 Å². The summed E-state index contributed by atoms with van der Waals surface area (Å²) in [5.41, 5.74) is 0. The maximum atomic E-state index is 12.6. The summed E-state index contributed by atoms with van der Waals surface area (Å²) in [6, 6.07) is 0. The highest BCUT2D eigenvalue weighted by atomic mass is 127. The molecule has 2 aliphatic carbocycles. The monoisotopic (exact) mass is 487 g/mol. The van der Waals surface area contributed by atoms with Crippen LogP contribution in [0.5, 0.6) is 0 Å². The van der Waals surface area contributed by atoms with Gasteiger partial charge in [0.1, 0.15) is 5.01 Å². The average Bonchev–Trinajstić information content (AvgIpc) is 3.38. The van der Waals surface area contributed by atoms with Crippen LogP contribution in [0.25, 0.3) is 0 Å². The number of fused-ring (bicyclic) bond motifs is 5. The van der Waals surface area contributed by atoms with Crippen LogP contribution in [0, 0.1) is 23.7 Å². The van der Waals surface area contributed by atoms with E-state index in [-0.39, 0.29) is 59.5 Å². The van der Waals surface area contributed by atoms with E-state index in [1.54, 1.807) is 24.6 Å². The van der Waals surface area contributed by atoms with E-state index in [4.69, 9.17) is 0 Å². The summed E-state index contributed by atoms with van der Waals surface area (Å²) in [4.78, 5) is 35.0. The van der Waals surface area contributed by atoms with Crippen LogP contribution in [0.1, 0.15) is 11.4 Å². The van der Waals surface area contributed by atoms with E-state index in [0.717, 1.165) is 11.4 Å². The fourth-order valence-corrected chi connectivity index (χ4v) is 4.75. The van der Waals surface area contributed by atoms with Crippen LogP contribution in [0.4, 0.5) is 0 Å². The fourth-order valence-electron chi connectivity index (χ4n) is 4.19. The van der Waals surface area contributed by atoms with Gasteiger partial charge in [0.05, 0.1) is 18.4 Å². The Balaban J connectivity index is 0.00000196. The van der Waals surface area contributed by atoms with Gasteiger partial charge < -0.3 is 10.6 Å². The summed E-state index contributed by atoms with van der Waals surface area (Å²) < 4.78 is 0. The molecular weight excluding hydrogens is 465 g/mol. The minimum atomic E-state index is -0.121. The molecule has 140 valence electrons. The smallest absolute Gasteiger partial charge is 0.233 e. The second-order valence-electron chi connectivity index (χ2n) is 6.61. The van der Waals surface area contributed by atoms with Gasteiger partial charge in [0.15, 0.2) is 5.96 Å². The van der Waals surface area contributed by atoms with Gasteiger partial charge in [-0.25, -0.2) is 4.98 Å². The number of nitrogens with one attached hydrogen (secondary N) is 2. The highest BCUT2D eigenvalue weighted by Gasteiger charge is 2.58. The SMILES string of the molecule is CN=C(NCCN1C(=O)C2C3C=CC(C3)C2C1=O)NCc1nccs1.I. The first-order valence-electron chi connectivity index (χ1n) is 8.55. The zero-order valence-corrected chi connectivity index (χ0v) is 17.6. The lowest BCUT2D eigenvalue weighted by molar-refractivity contribution is -0.140. The van der Waals surface area contributed by atoms with Crippen molar-refractivity contribution in [2.75, 3.05) is 20.1 Å². The number of hydrogen-bond donors (Lipinski definition) is 2. The van der Waals surface area contributed by atoms with Gasteiger partial charge in [-0.15, -0.1) is 35.3 Å². The van der Waals surface area contributed by atoms with Crippen LogP contribution in [0.2, 0.25) is 0 Å². The van der Waals surface area contributed by atoms with Gasteiger partial charge >= 0.3 is 0 Å². The second-order valence-corrected chi connectivity index (χ2v) is 7.59. The Bertz CT molecular complexity index is 706. The van der Waals surface area contributed by atoms with Crippen molar-refractivity contribution >= 4 is 53.1 Å². The van der Waals surface area contributed by atoms with Crippen molar-refractivity contribution in [3.63, 3.8) is 0 Å². The van der Waals surface area contributed by atoms with Gasteiger partial charge in [-0.3, -0.25) is 19.5 Å². The number of nitrogens with zero attached hydrogens (tertiary/aromatic N) is 3. The molecule has 3 aliphatic rings. The van der Waals surface area contributed by atoms with Crippen molar-refractivity contribution in [3.05, 3.63) is 28.7 Å². The molecule has 4 rings (SSSR count). The standard InChI is InChI=1S/C17H21N5O2S.HI/c1-18-17(21-9-12-19-5-7-25-12)20-4-6-22-15(23)13-10-2-3-11(8-10)14(13)16(22)24;/h2-3,5,7,10-11,13-14H,4,6,8-9H2,1H3,(H2,18,20,21);1H. The third-order valence-electron chi connectivity index (χ3n) is 5.30. The molecule has 0 aromatic carbocycles. The predicted molar refractivity (Wildman–Crippen MR) is 110 cm³/mol. The maximum absolute atomic E-state index is 12.6. The van der Waals surface area contributed by atoms with Gasteiger partial charge in [-0.2, -0.15) is 0 Å². The summed E-state index contributed by atoms with van der Waals surface area (Å²) in [7, 11) is 1.69. The molecule has 1 saturated carbocycles. The van der Waals surface area contributed by atoms with Crippen LogP contribution < -0.4 is 10.6 Å². The number of rotatable bonds is 5. The Hall–Kier alpha value is -1.49. The molecule has 0 radical (unpaired) electrons. The van der Waals surface area contributed by atoms with Crippen LogP contribution in [-0.2, 0) is 16.1 Å². The van der Waals surface area contributed by atoms with Gasteiger partial charge in [-0.1, -0.05) is 12.2 Å². The molecule has 1 aromatic heterocycles. The summed E-state index contributed by atoms with van der Waals surface area (Å²) >= 11 is 1.58. The van der Waals surface area contributed by atoms with Crippen molar-refractivity contribution in [1.82, 2.24) is 20.5 Å². The number of hydrogen-bond acceptors (Lipinski definition) is 5. The Morgan fingerprint density at radius 1 is 1.27 bits per heavy atom. The predicted octanol–water partition coefficient (Wildman–Crippen LogP) is 1.23. The molecular formula is C17H22IN5O2S. The van der Waals surface area contributed by atoms with Crippen molar-refractivity contribution < 1.29 is 9.59 Å². The molecule has 2 heterocycles. The quantitative estimate of drug-likeness (QED) is 0.215. The molecule has 4 atom stereocenters. The molecule has 1 aromatic rings. The lowest BCUT2D eigenvalue weighted by atomic mass is 9.85. The molecule has 7 nitrogen and oxygen atoms in total. The van der Waals surface area contributed by atoms with Gasteiger partial charge in [-0.05, 0) is 18.3 Å². The van der Waals surface area contributed by atoms with Crippen LogP contribution in [-0.4, -0.2) is 47.8 Å². The summed E-state index contributed by atoms with van der Waals surface area (Å²) in [6.45, 7) is 1.46. The highest BCUT2D eigenvalue weighted by molar-refractivity contribution is 14.0. The molecule has 2 N–H and O–H groups in total. The van der Waals surface area contributed by atoms with E-state index in [1.165, 1.54) is 4.90 Å². The molecule has 1 saturated heterocycles. The number of halogens is 1. The van der Waals surface area contributed by atoms with Crippen molar-refractivity contribution in [2.45, 2.75) is 13.0 Å². The molecule has 4 unspecified atom stereocenters. The maximum Gasteiger partial charge on any atom is 0.233 e. The van der Waals surface area contributed by atoms with Gasteiger partial charge in [0.25, 0.3) is 0 Å². The number of aliphatic imine (C=N–C) groups is 1. The van der Waals surface area contributed by atoms with Crippen LogP contribution >= 0.6 is 35.3 Å². The number of aromatic nitrogens is 1. The van der Waals surface area contributed by atoms with Crippen molar-refractivity contribution in [1.29, 1.82) is 0 Å². The summed E-state index contributed by atoms with van der Waals surface area (Å²) in [5, 5.41) is 9.23. The first kappa shape index (κ1) is 19.3. The Kier molecular flexibility index (Phi) is 5.96. The first-order chi connectivity index (χ1) is 12.2. The Morgan fingerprint density at radius 2 is 1.96 bits per heavy atom. The number of carbonyl (C=O) groups excluding carboxylic acids is 2. The lowest BCUT2D eigenvalue weighted by Gasteiger charge is -2.18. The lowest BCUT2D eigenvalue weighted by Crippen LogP contribution is -2.43. The first-order valence-corrected chi connectivity index (χ1v) is 9.43. The molecule has 0 spiro atoms. The third-order valence-corrected chi connectivity index (χ3v) is 6.08. The number of thiazole rings is 1. The zero-order chi connectivity index (χ0) is 17.4. The zero-order valence-electron chi connectivity index (χ0n) is 14.4. The fraction of sp³-hybridized carbons (Fsp3) is 0.529. The van der Waals surface area contributed by atoms with E-state index < -0.39 is 0 Å². The number of allylic oxidation sites excluding steroid dienone is 2. The topological polar surface area (TPSA) is 86.7 Å². The van der Waals surface area contributed by atoms with E-state index in [0.29, 0.717) is 25.6 Å².